The first-order chi connectivity index (χ1) is 8.70. The molecule has 0 aliphatic carbocycles. The highest BCUT2D eigenvalue weighted by atomic mass is 32.2. The van der Waals surface area contributed by atoms with Crippen LogP contribution in [0.4, 0.5) is 11.4 Å². The van der Waals surface area contributed by atoms with E-state index in [1.807, 2.05) is 18.2 Å². The molecule has 1 fully saturated rings. The summed E-state index contributed by atoms with van der Waals surface area (Å²) in [5, 5.41) is 0. The molecule has 4 nitrogen and oxygen atoms in total. The lowest BCUT2D eigenvalue weighted by Crippen LogP contribution is -2.37. The number of nitrogen functional groups attached to an aromatic ring is 1. The zero-order valence-electron chi connectivity index (χ0n) is 10.7. The van der Waals surface area contributed by atoms with Gasteiger partial charge in [-0.2, -0.15) is 0 Å². The molecule has 1 saturated heterocycles. The number of benzene rings is 1. The van der Waals surface area contributed by atoms with Crippen molar-refractivity contribution >= 4 is 22.2 Å². The van der Waals surface area contributed by atoms with Crippen LogP contribution in [-0.2, 0) is 10.8 Å². The van der Waals surface area contributed by atoms with Crippen LogP contribution in [-0.4, -0.2) is 35.4 Å². The van der Waals surface area contributed by atoms with Crippen LogP contribution >= 0.6 is 0 Å². The molecule has 0 aromatic heterocycles. The van der Waals surface area contributed by atoms with Crippen molar-refractivity contribution in [3.63, 3.8) is 0 Å². The lowest BCUT2D eigenvalue weighted by atomic mass is 10.2. The number of nitrogens with two attached hydrogens (primary N) is 1. The van der Waals surface area contributed by atoms with Gasteiger partial charge in [0.25, 0.3) is 0 Å². The number of anilines is 2. The van der Waals surface area contributed by atoms with E-state index in [2.05, 4.69) is 11.8 Å². The van der Waals surface area contributed by atoms with Crippen molar-refractivity contribution < 1.29 is 8.95 Å². The molecule has 0 atom stereocenters. The van der Waals surface area contributed by atoms with Gasteiger partial charge in [-0.25, -0.2) is 0 Å². The highest BCUT2D eigenvalue weighted by molar-refractivity contribution is 7.85. The Morgan fingerprint density at radius 1 is 1.39 bits per heavy atom. The smallest absolute Gasteiger partial charge is 0.144 e. The number of hydrogen-bond acceptors (Lipinski definition) is 4. The molecule has 0 unspecified atom stereocenters. The van der Waals surface area contributed by atoms with E-state index in [9.17, 15) is 4.21 Å². The average Bonchev–Trinajstić information content (AvgIpc) is 2.39. The molecule has 0 saturated carbocycles. The number of rotatable bonds is 4. The molecule has 5 heteroatoms. The zero-order valence-corrected chi connectivity index (χ0v) is 11.5. The predicted molar refractivity (Wildman–Crippen MR) is 76.7 cm³/mol. The third-order valence-corrected chi connectivity index (χ3v) is 4.28. The first kappa shape index (κ1) is 13.2. The fourth-order valence-electron chi connectivity index (χ4n) is 1.95. The summed E-state index contributed by atoms with van der Waals surface area (Å²) < 4.78 is 17.0. The van der Waals surface area contributed by atoms with Crippen LogP contribution < -0.4 is 15.4 Å². The van der Waals surface area contributed by atoms with Crippen LogP contribution in [0.25, 0.3) is 0 Å². The monoisotopic (exact) mass is 268 g/mol. The number of nitrogens with zero attached hydrogens (tertiary/aromatic N) is 1. The highest BCUT2D eigenvalue weighted by Crippen LogP contribution is 2.28. The zero-order chi connectivity index (χ0) is 13.0. The van der Waals surface area contributed by atoms with Gasteiger partial charge in [0.05, 0.1) is 12.3 Å². The fraction of sp³-hybridized carbons (Fsp3) is 0.538. The number of ether oxygens (including phenoxy) is 1. The van der Waals surface area contributed by atoms with Crippen LogP contribution in [0.5, 0.6) is 5.75 Å². The lowest BCUT2D eigenvalue weighted by molar-refractivity contribution is 0.319. The Hall–Kier alpha value is -1.23. The Bertz CT molecular complexity index is 427. The third-order valence-electron chi connectivity index (χ3n) is 3.00. The molecular weight excluding hydrogens is 248 g/mol. The van der Waals surface area contributed by atoms with Gasteiger partial charge in [0.1, 0.15) is 5.75 Å². The van der Waals surface area contributed by atoms with Crippen molar-refractivity contribution in [1.82, 2.24) is 0 Å². The fourth-order valence-corrected chi connectivity index (χ4v) is 3.01. The molecule has 1 aliphatic heterocycles. The van der Waals surface area contributed by atoms with Gasteiger partial charge in [0.2, 0.25) is 0 Å². The molecule has 1 aromatic carbocycles. The minimum absolute atomic E-state index is 0.647. The van der Waals surface area contributed by atoms with E-state index < -0.39 is 10.8 Å². The van der Waals surface area contributed by atoms with E-state index in [0.717, 1.165) is 42.5 Å². The summed E-state index contributed by atoms with van der Waals surface area (Å²) in [5.41, 5.74) is 7.67. The second-order valence-corrected chi connectivity index (χ2v) is 6.10. The minimum Gasteiger partial charge on any atom is -0.491 e. The number of hydrogen-bond donors (Lipinski definition) is 1. The van der Waals surface area contributed by atoms with E-state index in [4.69, 9.17) is 10.5 Å². The van der Waals surface area contributed by atoms with E-state index >= 15 is 0 Å². The first-order valence-electron chi connectivity index (χ1n) is 6.33. The predicted octanol–water partition coefficient (Wildman–Crippen LogP) is 1.63. The molecule has 1 aliphatic rings. The van der Waals surface area contributed by atoms with Gasteiger partial charge in [-0.3, -0.25) is 4.21 Å². The van der Waals surface area contributed by atoms with Crippen LogP contribution in [0.3, 0.4) is 0 Å². The van der Waals surface area contributed by atoms with Crippen LogP contribution in [0.15, 0.2) is 18.2 Å². The van der Waals surface area contributed by atoms with E-state index in [1.54, 1.807) is 0 Å². The summed E-state index contributed by atoms with van der Waals surface area (Å²) in [7, 11) is -0.647. The van der Waals surface area contributed by atoms with Crippen LogP contribution in [0, 0.1) is 0 Å². The van der Waals surface area contributed by atoms with E-state index in [-0.39, 0.29) is 0 Å². The molecule has 0 amide bonds. The van der Waals surface area contributed by atoms with Crippen molar-refractivity contribution in [3.05, 3.63) is 18.2 Å². The molecule has 0 radical (unpaired) electrons. The standard InChI is InChI=1S/C13H20N2O2S/c1-2-7-17-13-10-11(3-4-12(13)14)15-5-8-18(16)9-6-15/h3-4,10H,2,5-9,14H2,1H3. The molecule has 0 spiro atoms. The molecule has 18 heavy (non-hydrogen) atoms. The summed E-state index contributed by atoms with van der Waals surface area (Å²) >= 11 is 0. The van der Waals surface area contributed by atoms with Gasteiger partial charge in [0, 0.05) is 47.1 Å². The van der Waals surface area contributed by atoms with Gasteiger partial charge < -0.3 is 15.4 Å². The molecule has 1 aromatic rings. The highest BCUT2D eigenvalue weighted by Gasteiger charge is 2.16. The molecule has 0 bridgehead atoms. The molecule has 100 valence electrons. The third kappa shape index (κ3) is 3.16. The lowest BCUT2D eigenvalue weighted by Gasteiger charge is -2.28. The average molecular weight is 268 g/mol. The summed E-state index contributed by atoms with van der Waals surface area (Å²) in [4.78, 5) is 2.24. The molecule has 2 N–H and O–H groups in total. The topological polar surface area (TPSA) is 55.6 Å². The Labute approximate surface area is 111 Å². The molecule has 1 heterocycles. The van der Waals surface area contributed by atoms with Gasteiger partial charge in [-0.15, -0.1) is 0 Å². The van der Waals surface area contributed by atoms with E-state index in [1.165, 1.54) is 0 Å². The summed E-state index contributed by atoms with van der Waals surface area (Å²) in [5.74, 6) is 2.24. The minimum atomic E-state index is -0.647. The maximum atomic E-state index is 11.3. The second-order valence-electron chi connectivity index (χ2n) is 4.41. The maximum Gasteiger partial charge on any atom is 0.144 e. The molecule has 2 rings (SSSR count). The Morgan fingerprint density at radius 3 is 2.78 bits per heavy atom. The van der Waals surface area contributed by atoms with Crippen LogP contribution in [0.1, 0.15) is 13.3 Å². The summed E-state index contributed by atoms with van der Waals surface area (Å²) in [6, 6.07) is 5.87. The second kappa shape index (κ2) is 6.09. The summed E-state index contributed by atoms with van der Waals surface area (Å²) in [6.07, 6.45) is 0.965. The van der Waals surface area contributed by atoms with Crippen molar-refractivity contribution in [2.45, 2.75) is 13.3 Å². The SMILES string of the molecule is CCCOc1cc(N2CCS(=O)CC2)ccc1N. The summed E-state index contributed by atoms with van der Waals surface area (Å²) in [6.45, 7) is 4.42. The van der Waals surface area contributed by atoms with E-state index in [0.29, 0.717) is 12.3 Å². The van der Waals surface area contributed by atoms with Crippen molar-refractivity contribution in [1.29, 1.82) is 0 Å². The maximum absolute atomic E-state index is 11.3. The Kier molecular flexibility index (Phi) is 4.47. The van der Waals surface area contributed by atoms with Gasteiger partial charge in [-0.1, -0.05) is 6.92 Å². The van der Waals surface area contributed by atoms with Crippen molar-refractivity contribution in [2.75, 3.05) is 41.8 Å². The Morgan fingerprint density at radius 2 is 2.11 bits per heavy atom. The normalized spacial score (nSPS) is 16.8. The quantitative estimate of drug-likeness (QED) is 0.843. The largest absolute Gasteiger partial charge is 0.491 e. The van der Waals surface area contributed by atoms with Crippen LogP contribution in [0.2, 0.25) is 0 Å². The van der Waals surface area contributed by atoms with Gasteiger partial charge in [-0.05, 0) is 18.6 Å². The van der Waals surface area contributed by atoms with Crippen molar-refractivity contribution in [2.24, 2.45) is 0 Å². The van der Waals surface area contributed by atoms with Crippen molar-refractivity contribution in [3.8, 4) is 5.75 Å². The first-order valence-corrected chi connectivity index (χ1v) is 7.81. The Balaban J connectivity index is 2.10. The molecular formula is C13H20N2O2S. The van der Waals surface area contributed by atoms with Gasteiger partial charge >= 0.3 is 0 Å². The van der Waals surface area contributed by atoms with Gasteiger partial charge in [0.15, 0.2) is 0 Å².